The summed E-state index contributed by atoms with van der Waals surface area (Å²) in [6.07, 6.45) is 6.06. The van der Waals surface area contributed by atoms with E-state index in [1.54, 1.807) is 6.33 Å². The molecule has 0 saturated carbocycles. The van der Waals surface area contributed by atoms with Gasteiger partial charge in [-0.1, -0.05) is 20.8 Å². The smallest absolute Gasteiger partial charge is 0.242 e. The van der Waals surface area contributed by atoms with Crippen LogP contribution in [-0.2, 0) is 0 Å². The molecule has 112 valence electrons. The Morgan fingerprint density at radius 1 is 1.30 bits per heavy atom. The van der Waals surface area contributed by atoms with Gasteiger partial charge < -0.3 is 15.4 Å². The van der Waals surface area contributed by atoms with Gasteiger partial charge >= 0.3 is 0 Å². The van der Waals surface area contributed by atoms with Gasteiger partial charge in [0.15, 0.2) is 5.82 Å². The zero-order chi connectivity index (χ0) is 14.6. The molecule has 0 atom stereocenters. The minimum atomic E-state index is 0.401. The van der Waals surface area contributed by atoms with Crippen molar-refractivity contribution in [1.29, 1.82) is 0 Å². The topological polar surface area (TPSA) is 64.3 Å². The van der Waals surface area contributed by atoms with Crippen molar-refractivity contribution in [3.05, 3.63) is 6.33 Å². The first-order valence-electron chi connectivity index (χ1n) is 7.52. The van der Waals surface area contributed by atoms with Crippen LogP contribution in [0.1, 0.15) is 46.5 Å². The van der Waals surface area contributed by atoms with Crippen LogP contribution in [0.15, 0.2) is 6.33 Å². The van der Waals surface area contributed by atoms with Crippen LogP contribution in [0.25, 0.3) is 0 Å². The Balaban J connectivity index is 2.15. The number of anilines is 2. The molecule has 1 aromatic rings. The highest BCUT2D eigenvalue weighted by Crippen LogP contribution is 2.34. The van der Waals surface area contributed by atoms with Crippen LogP contribution in [0.5, 0.6) is 5.88 Å². The molecule has 20 heavy (non-hydrogen) atoms. The third-order valence-corrected chi connectivity index (χ3v) is 3.91. The van der Waals surface area contributed by atoms with Gasteiger partial charge in [-0.25, -0.2) is 4.98 Å². The van der Waals surface area contributed by atoms with E-state index >= 15 is 0 Å². The molecule has 2 rings (SSSR count). The summed E-state index contributed by atoms with van der Waals surface area (Å²) in [5, 5.41) is 0. The average Bonchev–Trinajstić information content (AvgIpc) is 2.59. The number of nitrogens with zero attached hydrogens (tertiary/aromatic N) is 3. The third kappa shape index (κ3) is 3.52. The Labute approximate surface area is 121 Å². The van der Waals surface area contributed by atoms with Gasteiger partial charge in [-0.15, -0.1) is 0 Å². The number of nitrogen functional groups attached to an aromatic ring is 1. The molecule has 2 N–H and O–H groups in total. The third-order valence-electron chi connectivity index (χ3n) is 3.91. The molecule has 5 nitrogen and oxygen atoms in total. The van der Waals surface area contributed by atoms with E-state index in [0.29, 0.717) is 23.6 Å². The summed E-state index contributed by atoms with van der Waals surface area (Å²) < 4.78 is 5.59. The molecule has 5 heteroatoms. The largest absolute Gasteiger partial charge is 0.476 e. The van der Waals surface area contributed by atoms with Crippen LogP contribution in [0, 0.1) is 5.41 Å². The number of rotatable bonds is 4. The highest BCUT2D eigenvalue weighted by atomic mass is 16.5. The van der Waals surface area contributed by atoms with Crippen molar-refractivity contribution in [2.24, 2.45) is 5.41 Å². The second kappa shape index (κ2) is 6.29. The van der Waals surface area contributed by atoms with Gasteiger partial charge in [-0.2, -0.15) is 4.98 Å². The van der Waals surface area contributed by atoms with Crippen molar-refractivity contribution in [2.75, 3.05) is 30.3 Å². The number of hydrogen-bond donors (Lipinski definition) is 1. The molecule has 1 saturated heterocycles. The van der Waals surface area contributed by atoms with E-state index < -0.39 is 0 Å². The van der Waals surface area contributed by atoms with Crippen LogP contribution >= 0.6 is 0 Å². The monoisotopic (exact) mass is 278 g/mol. The predicted molar refractivity (Wildman–Crippen MR) is 82.1 cm³/mol. The fourth-order valence-electron chi connectivity index (χ4n) is 2.57. The molecule has 1 aliphatic heterocycles. The van der Waals surface area contributed by atoms with Crippen molar-refractivity contribution in [3.63, 3.8) is 0 Å². The predicted octanol–water partition coefficient (Wildman–Crippen LogP) is 2.86. The van der Waals surface area contributed by atoms with Gasteiger partial charge in [0, 0.05) is 13.1 Å². The summed E-state index contributed by atoms with van der Waals surface area (Å²) in [7, 11) is 0. The van der Waals surface area contributed by atoms with Gasteiger partial charge in [0.25, 0.3) is 0 Å². The number of hydrogen-bond acceptors (Lipinski definition) is 5. The standard InChI is InChI=1S/C15H26N4O/c1-4-10-20-14-12(16)13(17-11-18-14)19-8-5-6-15(2,3)7-9-19/h11H,4-10,16H2,1-3H3. The fourth-order valence-corrected chi connectivity index (χ4v) is 2.57. The highest BCUT2D eigenvalue weighted by molar-refractivity contribution is 5.67. The van der Waals surface area contributed by atoms with Crippen LogP contribution in [-0.4, -0.2) is 29.7 Å². The maximum absolute atomic E-state index is 6.18. The van der Waals surface area contributed by atoms with Gasteiger partial charge in [0.2, 0.25) is 5.88 Å². The lowest BCUT2D eigenvalue weighted by Crippen LogP contribution is -2.27. The summed E-state index contributed by atoms with van der Waals surface area (Å²) in [5.74, 6) is 1.34. The first kappa shape index (κ1) is 14.9. The van der Waals surface area contributed by atoms with Crippen LogP contribution in [0.4, 0.5) is 11.5 Å². The van der Waals surface area contributed by atoms with E-state index in [4.69, 9.17) is 10.5 Å². The second-order valence-electron chi connectivity index (χ2n) is 6.27. The van der Waals surface area contributed by atoms with E-state index in [2.05, 4.69) is 35.6 Å². The van der Waals surface area contributed by atoms with Gasteiger partial charge in [-0.3, -0.25) is 0 Å². The van der Waals surface area contributed by atoms with Crippen LogP contribution < -0.4 is 15.4 Å². The Morgan fingerprint density at radius 3 is 2.85 bits per heavy atom. The molecule has 0 radical (unpaired) electrons. The Hall–Kier alpha value is -1.52. The quantitative estimate of drug-likeness (QED) is 0.917. The molecule has 0 spiro atoms. The lowest BCUT2D eigenvalue weighted by molar-refractivity contribution is 0.306. The Bertz CT molecular complexity index is 447. The molecule has 1 aliphatic rings. The molecular weight excluding hydrogens is 252 g/mol. The number of ether oxygens (including phenoxy) is 1. The maximum Gasteiger partial charge on any atom is 0.242 e. The molecular formula is C15H26N4O. The van der Waals surface area contributed by atoms with Gasteiger partial charge in [0.1, 0.15) is 12.0 Å². The zero-order valence-corrected chi connectivity index (χ0v) is 12.9. The first-order chi connectivity index (χ1) is 9.53. The van der Waals surface area contributed by atoms with Crippen LogP contribution in [0.2, 0.25) is 0 Å². The van der Waals surface area contributed by atoms with Crippen molar-refractivity contribution in [2.45, 2.75) is 46.5 Å². The molecule has 0 aromatic carbocycles. The summed E-state index contributed by atoms with van der Waals surface area (Å²) in [4.78, 5) is 10.8. The average molecular weight is 278 g/mol. The van der Waals surface area contributed by atoms with E-state index in [1.807, 2.05) is 0 Å². The molecule has 1 fully saturated rings. The lowest BCUT2D eigenvalue weighted by atomic mass is 9.85. The second-order valence-corrected chi connectivity index (χ2v) is 6.27. The zero-order valence-electron chi connectivity index (χ0n) is 12.9. The first-order valence-corrected chi connectivity index (χ1v) is 7.52. The summed E-state index contributed by atoms with van der Waals surface area (Å²) in [6.45, 7) is 9.34. The normalized spacial score (nSPS) is 18.6. The summed E-state index contributed by atoms with van der Waals surface area (Å²) >= 11 is 0. The Kier molecular flexibility index (Phi) is 4.68. The summed E-state index contributed by atoms with van der Waals surface area (Å²) in [5.41, 5.74) is 7.15. The van der Waals surface area contributed by atoms with E-state index in [9.17, 15) is 0 Å². The fraction of sp³-hybridized carbons (Fsp3) is 0.733. The van der Waals surface area contributed by atoms with Gasteiger partial charge in [-0.05, 0) is 31.1 Å². The number of aromatic nitrogens is 2. The highest BCUT2D eigenvalue weighted by Gasteiger charge is 2.25. The molecule has 1 aromatic heterocycles. The van der Waals surface area contributed by atoms with Crippen molar-refractivity contribution >= 4 is 11.5 Å². The van der Waals surface area contributed by atoms with Crippen LogP contribution in [0.3, 0.4) is 0 Å². The maximum atomic E-state index is 6.18. The van der Waals surface area contributed by atoms with E-state index in [0.717, 1.165) is 31.7 Å². The van der Waals surface area contributed by atoms with Crippen molar-refractivity contribution < 1.29 is 4.74 Å². The molecule has 0 aliphatic carbocycles. The van der Waals surface area contributed by atoms with Gasteiger partial charge in [0.05, 0.1) is 6.61 Å². The van der Waals surface area contributed by atoms with Crippen molar-refractivity contribution in [3.8, 4) is 5.88 Å². The molecule has 0 bridgehead atoms. The molecule has 0 amide bonds. The molecule has 2 heterocycles. The lowest BCUT2D eigenvalue weighted by Gasteiger charge is -2.25. The molecule has 0 unspecified atom stereocenters. The Morgan fingerprint density at radius 2 is 2.10 bits per heavy atom. The summed E-state index contributed by atoms with van der Waals surface area (Å²) in [6, 6.07) is 0. The number of nitrogens with two attached hydrogens (primary N) is 1. The minimum Gasteiger partial charge on any atom is -0.476 e. The minimum absolute atomic E-state index is 0.401. The van der Waals surface area contributed by atoms with Crippen molar-refractivity contribution in [1.82, 2.24) is 9.97 Å². The van der Waals surface area contributed by atoms with E-state index in [1.165, 1.54) is 12.8 Å². The SMILES string of the molecule is CCCOc1ncnc(N2CCCC(C)(C)CC2)c1N. The van der Waals surface area contributed by atoms with E-state index in [-0.39, 0.29) is 0 Å².